The zero-order chi connectivity index (χ0) is 16.9. The molecule has 1 aromatic heterocycles. The molecule has 0 fully saturated rings. The summed E-state index contributed by atoms with van der Waals surface area (Å²) in [5, 5.41) is 14.0. The van der Waals surface area contributed by atoms with Gasteiger partial charge in [-0.3, -0.25) is 4.79 Å². The lowest BCUT2D eigenvalue weighted by Gasteiger charge is -2.07. The molecule has 0 atom stereocenters. The number of aryl methyl sites for hydroxylation is 1. The fourth-order valence-electron chi connectivity index (χ4n) is 2.12. The summed E-state index contributed by atoms with van der Waals surface area (Å²) in [5.41, 5.74) is 2.97. The van der Waals surface area contributed by atoms with E-state index in [0.29, 0.717) is 5.82 Å². The number of carbonyl (C=O) groups excluding carboxylic acids is 1. The van der Waals surface area contributed by atoms with Crippen molar-refractivity contribution >= 4 is 39.0 Å². The van der Waals surface area contributed by atoms with Gasteiger partial charge < -0.3 is 10.6 Å². The SMILES string of the molecule is Cc1cccc(NC(=O)c2ccc(Nc3ccc(Br)cc3)nn2)c1. The molecule has 0 spiro atoms. The first-order valence-corrected chi connectivity index (χ1v) is 8.14. The standard InChI is InChI=1S/C18H15BrN4O/c1-12-3-2-4-15(11-12)21-18(24)16-9-10-17(23-22-16)20-14-7-5-13(19)6-8-14/h2-11H,1H3,(H,20,23)(H,21,24). The molecular weight excluding hydrogens is 368 g/mol. The molecule has 0 bridgehead atoms. The summed E-state index contributed by atoms with van der Waals surface area (Å²) in [4.78, 5) is 12.2. The highest BCUT2D eigenvalue weighted by atomic mass is 79.9. The van der Waals surface area contributed by atoms with E-state index in [-0.39, 0.29) is 11.6 Å². The lowest BCUT2D eigenvalue weighted by atomic mass is 10.2. The number of hydrogen-bond acceptors (Lipinski definition) is 4. The number of carbonyl (C=O) groups is 1. The number of amides is 1. The average molecular weight is 383 g/mol. The van der Waals surface area contributed by atoms with Crippen molar-refractivity contribution in [1.29, 1.82) is 0 Å². The highest BCUT2D eigenvalue weighted by molar-refractivity contribution is 9.10. The van der Waals surface area contributed by atoms with E-state index < -0.39 is 0 Å². The topological polar surface area (TPSA) is 66.9 Å². The minimum Gasteiger partial charge on any atom is -0.339 e. The lowest BCUT2D eigenvalue weighted by Crippen LogP contribution is -2.14. The van der Waals surface area contributed by atoms with Crippen LogP contribution >= 0.6 is 15.9 Å². The Balaban J connectivity index is 1.67. The van der Waals surface area contributed by atoms with E-state index in [4.69, 9.17) is 0 Å². The van der Waals surface area contributed by atoms with Gasteiger partial charge in [-0.2, -0.15) is 0 Å². The summed E-state index contributed by atoms with van der Waals surface area (Å²) >= 11 is 3.39. The van der Waals surface area contributed by atoms with Crippen molar-refractivity contribution in [1.82, 2.24) is 10.2 Å². The predicted molar refractivity (Wildman–Crippen MR) is 98.6 cm³/mol. The van der Waals surface area contributed by atoms with Gasteiger partial charge in [0.1, 0.15) is 0 Å². The van der Waals surface area contributed by atoms with Crippen molar-refractivity contribution in [2.75, 3.05) is 10.6 Å². The fraction of sp³-hybridized carbons (Fsp3) is 0.0556. The zero-order valence-electron chi connectivity index (χ0n) is 13.0. The van der Waals surface area contributed by atoms with Crippen molar-refractivity contribution in [3.05, 3.63) is 76.4 Å². The first kappa shape index (κ1) is 16.1. The van der Waals surface area contributed by atoms with Crippen molar-refractivity contribution in [2.45, 2.75) is 6.92 Å². The first-order valence-electron chi connectivity index (χ1n) is 7.34. The molecule has 6 heteroatoms. The molecule has 0 radical (unpaired) electrons. The maximum absolute atomic E-state index is 12.2. The Hall–Kier alpha value is -2.73. The van der Waals surface area contributed by atoms with E-state index in [1.807, 2.05) is 55.5 Å². The number of rotatable bonds is 4. The van der Waals surface area contributed by atoms with Gasteiger partial charge in [0.25, 0.3) is 5.91 Å². The van der Waals surface area contributed by atoms with E-state index >= 15 is 0 Å². The third-order valence-corrected chi connectivity index (χ3v) is 3.82. The van der Waals surface area contributed by atoms with Crippen LogP contribution in [-0.2, 0) is 0 Å². The number of aromatic nitrogens is 2. The largest absolute Gasteiger partial charge is 0.339 e. The Labute approximate surface area is 148 Å². The molecule has 2 N–H and O–H groups in total. The third kappa shape index (κ3) is 4.17. The molecule has 5 nitrogen and oxygen atoms in total. The molecule has 0 aliphatic rings. The van der Waals surface area contributed by atoms with Crippen molar-refractivity contribution in [2.24, 2.45) is 0 Å². The van der Waals surface area contributed by atoms with Crippen molar-refractivity contribution < 1.29 is 4.79 Å². The molecule has 0 saturated heterocycles. The number of halogens is 1. The monoisotopic (exact) mass is 382 g/mol. The number of anilines is 3. The highest BCUT2D eigenvalue weighted by Gasteiger charge is 2.09. The Morgan fingerprint density at radius 1 is 0.958 bits per heavy atom. The predicted octanol–water partition coefficient (Wildman–Crippen LogP) is 4.54. The van der Waals surface area contributed by atoms with Gasteiger partial charge in [0.05, 0.1) is 0 Å². The van der Waals surface area contributed by atoms with E-state index in [9.17, 15) is 4.79 Å². The van der Waals surface area contributed by atoms with Gasteiger partial charge in [0, 0.05) is 15.8 Å². The maximum Gasteiger partial charge on any atom is 0.276 e. The van der Waals surface area contributed by atoms with E-state index in [0.717, 1.165) is 21.4 Å². The zero-order valence-corrected chi connectivity index (χ0v) is 14.5. The number of nitrogens with one attached hydrogen (secondary N) is 2. The van der Waals surface area contributed by atoms with Crippen LogP contribution < -0.4 is 10.6 Å². The normalized spacial score (nSPS) is 10.2. The molecule has 3 aromatic rings. The number of hydrogen-bond donors (Lipinski definition) is 2. The molecule has 3 rings (SSSR count). The average Bonchev–Trinajstić information content (AvgIpc) is 2.57. The lowest BCUT2D eigenvalue weighted by molar-refractivity contribution is 0.102. The van der Waals surface area contributed by atoms with Crippen LogP contribution in [0.15, 0.2) is 65.1 Å². The van der Waals surface area contributed by atoms with Crippen molar-refractivity contribution in [3.8, 4) is 0 Å². The van der Waals surface area contributed by atoms with Crippen LogP contribution in [0.4, 0.5) is 17.2 Å². The quantitative estimate of drug-likeness (QED) is 0.694. The molecule has 1 heterocycles. The molecule has 0 saturated carbocycles. The first-order chi connectivity index (χ1) is 11.6. The summed E-state index contributed by atoms with van der Waals surface area (Å²) < 4.78 is 1.00. The molecule has 0 aliphatic carbocycles. The Bertz CT molecular complexity index is 848. The molecule has 0 unspecified atom stereocenters. The van der Waals surface area contributed by atoms with Crippen LogP contribution in [0.5, 0.6) is 0 Å². The third-order valence-electron chi connectivity index (χ3n) is 3.29. The summed E-state index contributed by atoms with van der Waals surface area (Å²) in [5.74, 6) is 0.285. The molecule has 0 aliphatic heterocycles. The van der Waals surface area contributed by atoms with Crippen LogP contribution in [0.1, 0.15) is 16.1 Å². The Morgan fingerprint density at radius 2 is 1.75 bits per heavy atom. The number of benzene rings is 2. The Kier molecular flexibility index (Phi) is 4.86. The maximum atomic E-state index is 12.2. The van der Waals surface area contributed by atoms with Crippen LogP contribution in [0.25, 0.3) is 0 Å². The molecule has 2 aromatic carbocycles. The van der Waals surface area contributed by atoms with Gasteiger partial charge in [-0.25, -0.2) is 0 Å². The molecule has 1 amide bonds. The smallest absolute Gasteiger partial charge is 0.276 e. The van der Waals surface area contributed by atoms with E-state index in [1.165, 1.54) is 0 Å². The van der Waals surface area contributed by atoms with Crippen LogP contribution in [0.2, 0.25) is 0 Å². The molecular formula is C18H15BrN4O. The highest BCUT2D eigenvalue weighted by Crippen LogP contribution is 2.18. The molecule has 120 valence electrons. The van der Waals surface area contributed by atoms with Gasteiger partial charge in [-0.1, -0.05) is 28.1 Å². The fourth-order valence-corrected chi connectivity index (χ4v) is 2.38. The minimum atomic E-state index is -0.289. The summed E-state index contributed by atoms with van der Waals surface area (Å²) in [7, 11) is 0. The van der Waals surface area contributed by atoms with Gasteiger partial charge in [-0.15, -0.1) is 10.2 Å². The Morgan fingerprint density at radius 3 is 2.42 bits per heavy atom. The van der Waals surface area contributed by atoms with E-state index in [2.05, 4.69) is 36.8 Å². The van der Waals surface area contributed by atoms with Crippen LogP contribution in [0, 0.1) is 6.92 Å². The second-order valence-corrected chi connectivity index (χ2v) is 6.17. The van der Waals surface area contributed by atoms with Crippen LogP contribution in [-0.4, -0.2) is 16.1 Å². The van der Waals surface area contributed by atoms with Gasteiger partial charge in [0.2, 0.25) is 0 Å². The van der Waals surface area contributed by atoms with Gasteiger partial charge in [0.15, 0.2) is 11.5 Å². The summed E-state index contributed by atoms with van der Waals surface area (Å²) in [6.45, 7) is 1.97. The van der Waals surface area contributed by atoms with Crippen molar-refractivity contribution in [3.63, 3.8) is 0 Å². The molecule has 24 heavy (non-hydrogen) atoms. The minimum absolute atomic E-state index is 0.262. The van der Waals surface area contributed by atoms with Crippen LogP contribution in [0.3, 0.4) is 0 Å². The summed E-state index contributed by atoms with van der Waals surface area (Å²) in [6, 6.07) is 18.7. The van der Waals surface area contributed by atoms with Gasteiger partial charge in [-0.05, 0) is 61.0 Å². The van der Waals surface area contributed by atoms with E-state index in [1.54, 1.807) is 12.1 Å². The second kappa shape index (κ2) is 7.23. The van der Waals surface area contributed by atoms with Gasteiger partial charge >= 0.3 is 0 Å². The summed E-state index contributed by atoms with van der Waals surface area (Å²) in [6.07, 6.45) is 0. The number of nitrogens with zero attached hydrogens (tertiary/aromatic N) is 2. The second-order valence-electron chi connectivity index (χ2n) is 5.26.